The van der Waals surface area contributed by atoms with Gasteiger partial charge in [0, 0.05) is 19.2 Å². The van der Waals surface area contributed by atoms with E-state index in [1.807, 2.05) is 0 Å². The minimum absolute atomic E-state index is 0.103. The van der Waals surface area contributed by atoms with E-state index in [-0.39, 0.29) is 6.10 Å². The lowest BCUT2D eigenvalue weighted by molar-refractivity contribution is -0.0748. The summed E-state index contributed by atoms with van der Waals surface area (Å²) in [5.41, 5.74) is 2.68. The van der Waals surface area contributed by atoms with Crippen LogP contribution in [0.3, 0.4) is 0 Å². The lowest BCUT2D eigenvalue weighted by Gasteiger charge is -2.58. The Morgan fingerprint density at radius 2 is 1.49 bits per heavy atom. The van der Waals surface area contributed by atoms with Crippen molar-refractivity contribution in [2.24, 2.45) is 46.3 Å². The molecule has 5 nitrogen and oxygen atoms in total. The summed E-state index contributed by atoms with van der Waals surface area (Å²) in [5.74, 6) is 5.36. The van der Waals surface area contributed by atoms with Gasteiger partial charge in [-0.25, -0.2) is 0 Å². The number of hydrogen-bond donors (Lipinski definition) is 0. The van der Waals surface area contributed by atoms with Gasteiger partial charge in [0.2, 0.25) is 0 Å². The van der Waals surface area contributed by atoms with Crippen LogP contribution in [0.1, 0.15) is 215 Å². The molecule has 10 atom stereocenters. The van der Waals surface area contributed by atoms with Crippen molar-refractivity contribution >= 4 is 0 Å². The van der Waals surface area contributed by atoms with E-state index in [2.05, 4.69) is 83.7 Å². The van der Waals surface area contributed by atoms with E-state index in [9.17, 15) is 0 Å². The second-order valence-electron chi connectivity index (χ2n) is 22.6. The van der Waals surface area contributed by atoms with E-state index < -0.39 is 0 Å². The Morgan fingerprint density at radius 3 is 2.27 bits per heavy atom. The van der Waals surface area contributed by atoms with Crippen LogP contribution >= 0.6 is 0 Å². The maximum absolute atomic E-state index is 6.53. The van der Waals surface area contributed by atoms with Gasteiger partial charge in [-0.15, -0.1) is 0 Å². The molecule has 0 aromatic carbocycles. The van der Waals surface area contributed by atoms with Gasteiger partial charge in [0.1, 0.15) is 0 Å². The van der Waals surface area contributed by atoms with Crippen LogP contribution in [0, 0.1) is 46.3 Å². The molecule has 63 heavy (non-hydrogen) atoms. The zero-order valence-corrected chi connectivity index (χ0v) is 42.7. The van der Waals surface area contributed by atoms with Gasteiger partial charge in [-0.2, -0.15) is 0 Å². The topological polar surface area (TPSA) is 40.2 Å². The predicted molar refractivity (Wildman–Crippen MR) is 268 cm³/mol. The second-order valence-corrected chi connectivity index (χ2v) is 22.6. The molecule has 1 aliphatic heterocycles. The van der Waals surface area contributed by atoms with Crippen LogP contribution in [0.4, 0.5) is 0 Å². The van der Waals surface area contributed by atoms with Crippen molar-refractivity contribution < 1.29 is 18.9 Å². The molecule has 5 rings (SSSR count). The van der Waals surface area contributed by atoms with Crippen molar-refractivity contribution in [2.45, 2.75) is 234 Å². The molecule has 0 bridgehead atoms. The van der Waals surface area contributed by atoms with E-state index in [0.29, 0.717) is 56.0 Å². The molecular weight excluding hydrogens is 775 g/mol. The first-order valence-electron chi connectivity index (χ1n) is 27.8. The Balaban J connectivity index is 0.925. The molecule has 0 aromatic heterocycles. The number of ether oxygens (including phenoxy) is 4. The zero-order valence-electron chi connectivity index (χ0n) is 42.7. The van der Waals surface area contributed by atoms with E-state index in [0.717, 1.165) is 67.9 Å². The Labute approximate surface area is 391 Å². The fourth-order valence-corrected chi connectivity index (χ4v) is 13.7. The van der Waals surface area contributed by atoms with Gasteiger partial charge in [0.25, 0.3) is 0 Å². The Kier molecular flexibility index (Phi) is 24.4. The fourth-order valence-electron chi connectivity index (χ4n) is 13.7. The summed E-state index contributed by atoms with van der Waals surface area (Å²) in [5, 5.41) is 0. The minimum atomic E-state index is 0.103. The number of piperidine rings is 1. The van der Waals surface area contributed by atoms with Crippen molar-refractivity contribution in [3.05, 3.63) is 36.0 Å². The van der Waals surface area contributed by atoms with Crippen LogP contribution in [0.2, 0.25) is 0 Å². The van der Waals surface area contributed by atoms with Gasteiger partial charge in [-0.1, -0.05) is 142 Å². The fraction of sp³-hybridized carbons (Fsp3) is 0.897. The lowest BCUT2D eigenvalue weighted by atomic mass is 9.47. The van der Waals surface area contributed by atoms with E-state index in [1.54, 1.807) is 5.57 Å². The SMILES string of the molecule is CCCCC/C=C\C/C=C\CCCCCCCCOCC(CN1CCCC[C@@H]1C)OCCOCCO[C@H]1CC[C@@]2(C)C(=CCC3C2CC[C@@]2(C)C3CC[C@@H]2[C@H](C)CCCC(C)C)C1. The van der Waals surface area contributed by atoms with Crippen LogP contribution in [-0.4, -0.2) is 75.9 Å². The molecule has 0 amide bonds. The third-order valence-electron chi connectivity index (χ3n) is 17.6. The first kappa shape index (κ1) is 53.0. The highest BCUT2D eigenvalue weighted by Gasteiger charge is 2.59. The largest absolute Gasteiger partial charge is 0.379 e. The molecule has 3 saturated carbocycles. The molecule has 0 aromatic rings. The van der Waals surface area contributed by atoms with Gasteiger partial charge in [0.15, 0.2) is 0 Å². The molecule has 4 aliphatic carbocycles. The van der Waals surface area contributed by atoms with Crippen molar-refractivity contribution in [2.75, 3.05) is 52.7 Å². The van der Waals surface area contributed by atoms with Crippen LogP contribution < -0.4 is 0 Å². The van der Waals surface area contributed by atoms with Crippen molar-refractivity contribution in [1.82, 2.24) is 4.90 Å². The maximum atomic E-state index is 6.53. The summed E-state index contributed by atoms with van der Waals surface area (Å²) in [4.78, 5) is 2.62. The monoisotopic (exact) mass is 878 g/mol. The molecule has 0 radical (unpaired) electrons. The average molecular weight is 878 g/mol. The highest BCUT2D eigenvalue weighted by molar-refractivity contribution is 5.25. The molecule has 4 fully saturated rings. The third kappa shape index (κ3) is 16.9. The van der Waals surface area contributed by atoms with Gasteiger partial charge in [0.05, 0.1) is 45.2 Å². The number of fused-ring (bicyclic) bond motifs is 5. The molecule has 5 aliphatic rings. The number of allylic oxidation sites excluding steroid dienone is 5. The lowest BCUT2D eigenvalue weighted by Crippen LogP contribution is -2.51. The van der Waals surface area contributed by atoms with Crippen LogP contribution in [0.25, 0.3) is 0 Å². The summed E-state index contributed by atoms with van der Waals surface area (Å²) >= 11 is 0. The number of rotatable bonds is 32. The highest BCUT2D eigenvalue weighted by atomic mass is 16.6. The Morgan fingerprint density at radius 1 is 0.730 bits per heavy atom. The number of likely N-dealkylation sites (tertiary alicyclic amines) is 1. The van der Waals surface area contributed by atoms with E-state index >= 15 is 0 Å². The van der Waals surface area contributed by atoms with Crippen LogP contribution in [0.5, 0.6) is 0 Å². The third-order valence-corrected chi connectivity index (χ3v) is 17.6. The smallest absolute Gasteiger partial charge is 0.0936 e. The molecular formula is C58H103NO4. The van der Waals surface area contributed by atoms with Crippen molar-refractivity contribution in [3.63, 3.8) is 0 Å². The van der Waals surface area contributed by atoms with E-state index in [4.69, 9.17) is 18.9 Å². The summed E-state index contributed by atoms with van der Waals surface area (Å²) in [7, 11) is 0. The quantitative estimate of drug-likeness (QED) is 0.0497. The summed E-state index contributed by atoms with van der Waals surface area (Å²) in [6.45, 7) is 23.7. The zero-order chi connectivity index (χ0) is 44.8. The summed E-state index contributed by atoms with van der Waals surface area (Å²) in [6.07, 6.45) is 46.9. The number of unbranched alkanes of at least 4 members (excludes halogenated alkanes) is 9. The van der Waals surface area contributed by atoms with E-state index in [1.165, 1.54) is 154 Å². The number of hydrogen-bond acceptors (Lipinski definition) is 5. The van der Waals surface area contributed by atoms with Gasteiger partial charge in [-0.3, -0.25) is 4.90 Å². The molecule has 0 N–H and O–H groups in total. The second kappa shape index (κ2) is 29.0. The minimum Gasteiger partial charge on any atom is -0.379 e. The van der Waals surface area contributed by atoms with Crippen LogP contribution in [-0.2, 0) is 18.9 Å². The van der Waals surface area contributed by atoms with Gasteiger partial charge >= 0.3 is 0 Å². The summed E-state index contributed by atoms with van der Waals surface area (Å²) < 4.78 is 25.4. The molecule has 5 heteroatoms. The molecule has 4 unspecified atom stereocenters. The standard InChI is InChI=1S/C58H103NO4/c1-8-9-10-11-12-13-14-15-16-17-18-19-20-21-22-25-39-61-46-52(45-59-38-24-23-29-49(59)5)63-43-41-60-40-42-62-51-34-36-57(6)50(44-51)30-31-53-55-33-32-54(48(4)28-26-27-47(2)3)58(55,7)37-35-56(53)57/h12-13,15-16,30,47-49,51-56H,8-11,14,17-29,31-46H2,1-7H3/b13-12-,16-15-/t48-,49+,51+,52?,53?,54-,55?,56?,57+,58-/m1/s1. The molecule has 0 spiro atoms. The normalized spacial score (nSPS) is 31.1. The first-order chi connectivity index (χ1) is 30.7. The molecule has 364 valence electrons. The van der Waals surface area contributed by atoms with Gasteiger partial charge < -0.3 is 18.9 Å². The molecule has 1 heterocycles. The Bertz CT molecular complexity index is 1310. The number of nitrogens with zero attached hydrogens (tertiary/aromatic N) is 1. The average Bonchev–Trinajstić information content (AvgIpc) is 3.63. The predicted octanol–water partition coefficient (Wildman–Crippen LogP) is 15.5. The maximum Gasteiger partial charge on any atom is 0.0936 e. The Hall–Kier alpha value is -0.980. The first-order valence-corrected chi connectivity index (χ1v) is 27.8. The van der Waals surface area contributed by atoms with Crippen molar-refractivity contribution in [1.29, 1.82) is 0 Å². The van der Waals surface area contributed by atoms with Crippen molar-refractivity contribution in [3.8, 4) is 0 Å². The highest BCUT2D eigenvalue weighted by Crippen LogP contribution is 2.67. The van der Waals surface area contributed by atoms with Gasteiger partial charge in [-0.05, 0) is 163 Å². The summed E-state index contributed by atoms with van der Waals surface area (Å²) in [6, 6.07) is 0.630. The van der Waals surface area contributed by atoms with Crippen LogP contribution in [0.15, 0.2) is 36.0 Å². The molecule has 1 saturated heterocycles.